The topological polar surface area (TPSA) is 53.1 Å². The molecule has 0 bridgehead atoms. The lowest BCUT2D eigenvalue weighted by molar-refractivity contribution is 0.405. The summed E-state index contributed by atoms with van der Waals surface area (Å²) in [5, 5.41) is 5.76. The number of nitrogens with zero attached hydrogens (tertiary/aromatic N) is 2. The van der Waals surface area contributed by atoms with Gasteiger partial charge in [0.25, 0.3) is 0 Å². The van der Waals surface area contributed by atoms with E-state index in [2.05, 4.69) is 17.2 Å². The predicted octanol–water partition coefficient (Wildman–Crippen LogP) is 2.82. The van der Waals surface area contributed by atoms with E-state index < -0.39 is 0 Å². The van der Waals surface area contributed by atoms with Crippen molar-refractivity contribution in [3.63, 3.8) is 0 Å². The maximum Gasteiger partial charge on any atom is 0.123 e. The molecule has 2 N–H and O–H groups in total. The maximum absolute atomic E-state index is 6.37. The van der Waals surface area contributed by atoms with Crippen molar-refractivity contribution in [2.24, 2.45) is 12.8 Å². The first-order chi connectivity index (χ1) is 10.2. The van der Waals surface area contributed by atoms with Gasteiger partial charge in [-0.3, -0.25) is 4.68 Å². The number of methoxy groups -OCH3 is 1. The fourth-order valence-corrected chi connectivity index (χ4v) is 2.73. The Morgan fingerprint density at radius 1 is 1.14 bits per heavy atom. The van der Waals surface area contributed by atoms with Crippen LogP contribution in [0.2, 0.25) is 0 Å². The third-order valence-electron chi connectivity index (χ3n) is 3.79. The van der Waals surface area contributed by atoms with E-state index in [0.29, 0.717) is 6.42 Å². The van der Waals surface area contributed by atoms with Crippen molar-refractivity contribution in [2.45, 2.75) is 12.5 Å². The molecule has 1 heterocycles. The molecule has 21 heavy (non-hydrogen) atoms. The first kappa shape index (κ1) is 13.6. The van der Waals surface area contributed by atoms with Crippen molar-refractivity contribution in [1.29, 1.82) is 0 Å². The third-order valence-corrected chi connectivity index (χ3v) is 3.79. The number of rotatable bonds is 4. The number of hydrogen-bond acceptors (Lipinski definition) is 3. The van der Waals surface area contributed by atoms with Crippen molar-refractivity contribution in [3.8, 4) is 5.75 Å². The third kappa shape index (κ3) is 2.50. The summed E-state index contributed by atoms with van der Waals surface area (Å²) in [6.45, 7) is 0. The highest BCUT2D eigenvalue weighted by Gasteiger charge is 2.16. The molecule has 0 saturated heterocycles. The number of nitrogens with two attached hydrogens (primary N) is 1. The zero-order valence-electron chi connectivity index (χ0n) is 12.3. The van der Waals surface area contributed by atoms with E-state index >= 15 is 0 Å². The van der Waals surface area contributed by atoms with Crippen LogP contribution in [-0.2, 0) is 13.5 Å². The molecule has 2 aromatic carbocycles. The zero-order valence-corrected chi connectivity index (χ0v) is 12.3. The van der Waals surface area contributed by atoms with Crippen LogP contribution in [0.3, 0.4) is 0 Å². The van der Waals surface area contributed by atoms with Gasteiger partial charge >= 0.3 is 0 Å². The highest BCUT2D eigenvalue weighted by Crippen LogP contribution is 2.27. The molecule has 0 aliphatic carbocycles. The van der Waals surface area contributed by atoms with Gasteiger partial charge < -0.3 is 10.5 Å². The van der Waals surface area contributed by atoms with E-state index in [1.54, 1.807) is 7.11 Å². The van der Waals surface area contributed by atoms with Gasteiger partial charge in [0, 0.05) is 30.5 Å². The second-order valence-electron chi connectivity index (χ2n) is 5.14. The quantitative estimate of drug-likeness (QED) is 0.800. The minimum Gasteiger partial charge on any atom is -0.496 e. The molecule has 0 amide bonds. The first-order valence-electron chi connectivity index (χ1n) is 7.00. The second-order valence-corrected chi connectivity index (χ2v) is 5.14. The molecule has 108 valence electrons. The molecule has 0 aliphatic rings. The van der Waals surface area contributed by atoms with Crippen LogP contribution in [-0.4, -0.2) is 16.9 Å². The van der Waals surface area contributed by atoms with Gasteiger partial charge in [-0.25, -0.2) is 0 Å². The van der Waals surface area contributed by atoms with Crippen molar-refractivity contribution in [1.82, 2.24) is 9.78 Å². The molecule has 1 aromatic heterocycles. The van der Waals surface area contributed by atoms with Crippen LogP contribution in [0.1, 0.15) is 17.3 Å². The molecule has 1 unspecified atom stereocenters. The molecule has 0 spiro atoms. The highest BCUT2D eigenvalue weighted by molar-refractivity contribution is 5.81. The Labute approximate surface area is 124 Å². The largest absolute Gasteiger partial charge is 0.496 e. The Morgan fingerprint density at radius 2 is 1.86 bits per heavy atom. The molecule has 3 aromatic rings. The Kier molecular flexibility index (Phi) is 3.62. The van der Waals surface area contributed by atoms with E-state index in [-0.39, 0.29) is 6.04 Å². The van der Waals surface area contributed by atoms with Crippen molar-refractivity contribution >= 4 is 10.9 Å². The number of aryl methyl sites for hydroxylation is 1. The summed E-state index contributed by atoms with van der Waals surface area (Å²) < 4.78 is 7.29. The van der Waals surface area contributed by atoms with E-state index in [0.717, 1.165) is 27.9 Å². The minimum absolute atomic E-state index is 0.139. The summed E-state index contributed by atoms with van der Waals surface area (Å²) >= 11 is 0. The van der Waals surface area contributed by atoms with Crippen LogP contribution in [0.5, 0.6) is 5.75 Å². The van der Waals surface area contributed by atoms with Crippen LogP contribution in [0.4, 0.5) is 0 Å². The molecule has 0 fully saturated rings. The van der Waals surface area contributed by atoms with E-state index in [9.17, 15) is 0 Å². The Morgan fingerprint density at radius 3 is 2.67 bits per heavy atom. The minimum atomic E-state index is -0.139. The van der Waals surface area contributed by atoms with Crippen molar-refractivity contribution in [2.75, 3.05) is 7.11 Å². The first-order valence-corrected chi connectivity index (χ1v) is 7.00. The molecule has 0 aliphatic heterocycles. The summed E-state index contributed by atoms with van der Waals surface area (Å²) in [4.78, 5) is 0. The molecular formula is C17H19N3O. The summed E-state index contributed by atoms with van der Waals surface area (Å²) in [7, 11) is 3.63. The maximum atomic E-state index is 6.37. The SMILES string of the molecule is COc1ccccc1C(N)Cc1nn(C)c2ccccc12. The van der Waals surface area contributed by atoms with Crippen molar-refractivity contribution in [3.05, 3.63) is 59.8 Å². The normalized spacial score (nSPS) is 12.5. The summed E-state index contributed by atoms with van der Waals surface area (Å²) in [6, 6.07) is 15.9. The average Bonchev–Trinajstić information content (AvgIpc) is 2.84. The van der Waals surface area contributed by atoms with Gasteiger partial charge in [-0.1, -0.05) is 36.4 Å². The summed E-state index contributed by atoms with van der Waals surface area (Å²) in [5.41, 5.74) is 9.53. The Hall–Kier alpha value is -2.33. The number of hydrogen-bond donors (Lipinski definition) is 1. The summed E-state index contributed by atoms with van der Waals surface area (Å²) in [5.74, 6) is 0.824. The predicted molar refractivity (Wildman–Crippen MR) is 84.3 cm³/mol. The molecule has 4 heteroatoms. The fourth-order valence-electron chi connectivity index (χ4n) is 2.73. The number of fused-ring (bicyclic) bond motifs is 1. The van der Waals surface area contributed by atoms with Crippen LogP contribution in [0.15, 0.2) is 48.5 Å². The van der Waals surface area contributed by atoms with Gasteiger partial charge in [0.2, 0.25) is 0 Å². The van der Waals surface area contributed by atoms with Crippen molar-refractivity contribution < 1.29 is 4.74 Å². The Bertz CT molecular complexity index is 764. The molecule has 3 rings (SSSR count). The molecule has 1 atom stereocenters. The lowest BCUT2D eigenvalue weighted by atomic mass is 10.0. The van der Waals surface area contributed by atoms with Gasteiger partial charge in [-0.05, 0) is 12.1 Å². The van der Waals surface area contributed by atoms with Crippen LogP contribution >= 0.6 is 0 Å². The molecular weight excluding hydrogens is 262 g/mol. The van der Waals surface area contributed by atoms with Gasteiger partial charge in [-0.2, -0.15) is 5.10 Å². The monoisotopic (exact) mass is 281 g/mol. The average molecular weight is 281 g/mol. The van der Waals surface area contributed by atoms with Gasteiger partial charge in [-0.15, -0.1) is 0 Å². The number of aromatic nitrogens is 2. The lowest BCUT2D eigenvalue weighted by Crippen LogP contribution is -2.15. The smallest absolute Gasteiger partial charge is 0.123 e. The van der Waals surface area contributed by atoms with E-state index in [4.69, 9.17) is 10.5 Å². The van der Waals surface area contributed by atoms with Crippen LogP contribution in [0.25, 0.3) is 10.9 Å². The standard InChI is InChI=1S/C17H19N3O/c1-20-16-9-5-3-8-13(16)15(19-20)11-14(18)12-7-4-6-10-17(12)21-2/h3-10,14H,11,18H2,1-2H3. The number of benzene rings is 2. The number of para-hydroxylation sites is 2. The van der Waals surface area contributed by atoms with E-state index in [1.807, 2.05) is 48.1 Å². The summed E-state index contributed by atoms with van der Waals surface area (Å²) in [6.07, 6.45) is 0.682. The highest BCUT2D eigenvalue weighted by atomic mass is 16.5. The molecule has 4 nitrogen and oxygen atoms in total. The second kappa shape index (κ2) is 5.58. The lowest BCUT2D eigenvalue weighted by Gasteiger charge is -2.14. The van der Waals surface area contributed by atoms with Gasteiger partial charge in [0.05, 0.1) is 18.3 Å². The van der Waals surface area contributed by atoms with Crippen LogP contribution in [0, 0.1) is 0 Å². The Balaban J connectivity index is 1.95. The number of ether oxygens (including phenoxy) is 1. The van der Waals surface area contributed by atoms with E-state index in [1.165, 1.54) is 0 Å². The van der Waals surface area contributed by atoms with Gasteiger partial charge in [0.15, 0.2) is 0 Å². The van der Waals surface area contributed by atoms with Crippen LogP contribution < -0.4 is 10.5 Å². The molecule has 0 saturated carbocycles. The zero-order chi connectivity index (χ0) is 14.8. The fraction of sp³-hybridized carbons (Fsp3) is 0.235. The van der Waals surface area contributed by atoms with Gasteiger partial charge in [0.1, 0.15) is 5.75 Å². The molecule has 0 radical (unpaired) electrons.